The molecule has 2 aromatic rings. The number of halogens is 2. The number of aromatic nitrogens is 1. The van der Waals surface area contributed by atoms with Crippen molar-refractivity contribution in [3.63, 3.8) is 0 Å². The molecule has 3 rings (SSSR count). The number of nitrogens with one attached hydrogen (secondary N) is 2. The van der Waals surface area contributed by atoms with Crippen LogP contribution < -0.4 is 5.32 Å². The summed E-state index contributed by atoms with van der Waals surface area (Å²) >= 11 is 0. The number of hydrogen-bond acceptors (Lipinski definition) is 2. The van der Waals surface area contributed by atoms with E-state index >= 15 is 0 Å². The molecule has 1 aliphatic rings. The van der Waals surface area contributed by atoms with Gasteiger partial charge in [0.15, 0.2) is 0 Å². The minimum atomic E-state index is -2.45. The molecule has 1 unspecified atom stereocenters. The largest absolute Gasteiger partial charge is 0.354 e. The molecule has 1 aliphatic heterocycles. The molecule has 196 valence electrons. The van der Waals surface area contributed by atoms with E-state index in [9.17, 15) is 13.6 Å². The third-order valence-electron chi connectivity index (χ3n) is 7.40. The highest BCUT2D eigenvalue weighted by Crippen LogP contribution is 2.36. The van der Waals surface area contributed by atoms with E-state index in [0.717, 1.165) is 65.7 Å². The Balaban J connectivity index is 2.01. The van der Waals surface area contributed by atoms with E-state index in [1.807, 2.05) is 24.0 Å². The Hall–Kier alpha value is -2.73. The van der Waals surface area contributed by atoms with Gasteiger partial charge in [-0.2, -0.15) is 0 Å². The fraction of sp³-hybridized carbons (Fsp3) is 0.500. The fourth-order valence-corrected chi connectivity index (χ4v) is 5.02. The van der Waals surface area contributed by atoms with Crippen molar-refractivity contribution >= 4 is 22.4 Å². The number of likely N-dealkylation sites (N-methyl/N-ethyl adjacent to an activating group) is 1. The second kappa shape index (κ2) is 12.5. The molecular weight excluding hydrogens is 456 g/mol. The van der Waals surface area contributed by atoms with Gasteiger partial charge >= 0.3 is 0 Å². The van der Waals surface area contributed by atoms with Crippen molar-refractivity contribution in [2.75, 3.05) is 26.7 Å². The number of likely N-dealkylation sites (tertiary alicyclic amines) is 1. The number of fused-ring (bicyclic) bond motifs is 1. The van der Waals surface area contributed by atoms with Gasteiger partial charge in [-0.05, 0) is 80.8 Å². The molecule has 1 saturated heterocycles. The van der Waals surface area contributed by atoms with Crippen LogP contribution in [-0.2, 0) is 11.2 Å². The second-order valence-electron chi connectivity index (χ2n) is 10.2. The van der Waals surface area contributed by atoms with Crippen molar-refractivity contribution in [3.8, 4) is 0 Å². The molecule has 1 aromatic heterocycles. The molecule has 36 heavy (non-hydrogen) atoms. The van der Waals surface area contributed by atoms with Crippen LogP contribution in [0.3, 0.4) is 0 Å². The Morgan fingerprint density at radius 1 is 1.25 bits per heavy atom. The molecule has 0 spiro atoms. The molecule has 6 heteroatoms. The zero-order valence-corrected chi connectivity index (χ0v) is 22.4. The lowest BCUT2D eigenvalue weighted by molar-refractivity contribution is -0.131. The number of nitrogens with zero attached hydrogens (tertiary/aromatic N) is 1. The van der Waals surface area contributed by atoms with Gasteiger partial charge in [-0.1, -0.05) is 49.8 Å². The van der Waals surface area contributed by atoms with Crippen LogP contribution >= 0.6 is 0 Å². The van der Waals surface area contributed by atoms with E-state index in [1.54, 1.807) is 7.05 Å². The van der Waals surface area contributed by atoms with E-state index < -0.39 is 6.43 Å². The molecule has 2 heterocycles. The number of amides is 1. The third kappa shape index (κ3) is 6.73. The number of carbonyl (C=O) groups excluding carboxylic acids is 1. The zero-order valence-electron chi connectivity index (χ0n) is 22.4. The molecule has 1 fully saturated rings. The monoisotopic (exact) mass is 497 g/mol. The number of allylic oxidation sites excluding steroid dienone is 5. The first-order chi connectivity index (χ1) is 17.1. The lowest BCUT2D eigenvalue weighted by atomic mass is 9.88. The van der Waals surface area contributed by atoms with E-state index in [1.165, 1.54) is 5.57 Å². The highest BCUT2D eigenvalue weighted by atomic mass is 19.3. The van der Waals surface area contributed by atoms with Crippen LogP contribution in [-0.4, -0.2) is 48.9 Å². The SMILES string of the molecule is C=C(C)/C=C(\C=C(\C)C(C)CC)c1[nH]c2ccc(C3CCN(C(=O)CNC)CC3)cc2c1CC(F)F. The Labute approximate surface area is 214 Å². The predicted octanol–water partition coefficient (Wildman–Crippen LogP) is 6.85. The van der Waals surface area contributed by atoms with Gasteiger partial charge < -0.3 is 15.2 Å². The minimum absolute atomic E-state index is 0.124. The quantitative estimate of drug-likeness (QED) is 0.353. The van der Waals surface area contributed by atoms with Crippen molar-refractivity contribution in [1.29, 1.82) is 0 Å². The summed E-state index contributed by atoms with van der Waals surface area (Å²) in [6.07, 6.45) is 4.10. The first-order valence-electron chi connectivity index (χ1n) is 13.0. The topological polar surface area (TPSA) is 48.1 Å². The van der Waals surface area contributed by atoms with E-state index in [0.29, 0.717) is 23.9 Å². The standard InChI is InChI=1S/C30H41F2N3O/c1-7-20(4)21(5)15-24(14-19(2)3)30-26(17-28(31)32)25-16-23(8-9-27(25)34-30)22-10-12-35(13-11-22)29(36)18-33-6/h8-9,14-16,20,22,28,33-34H,2,7,10-13,17-18H2,1,3-6H3/b21-15-,24-14+. The number of H-pyrrole nitrogens is 1. The minimum Gasteiger partial charge on any atom is -0.354 e. The maximum Gasteiger partial charge on any atom is 0.242 e. The van der Waals surface area contributed by atoms with Crippen molar-refractivity contribution in [2.24, 2.45) is 5.92 Å². The summed E-state index contributed by atoms with van der Waals surface area (Å²) in [6, 6.07) is 6.21. The van der Waals surface area contributed by atoms with Crippen molar-refractivity contribution in [1.82, 2.24) is 15.2 Å². The molecule has 4 nitrogen and oxygen atoms in total. The Morgan fingerprint density at radius 3 is 2.53 bits per heavy atom. The molecule has 1 atom stereocenters. The Morgan fingerprint density at radius 2 is 1.94 bits per heavy atom. The first kappa shape index (κ1) is 27.9. The van der Waals surface area contributed by atoms with Crippen molar-refractivity contribution in [3.05, 3.63) is 64.9 Å². The highest BCUT2D eigenvalue weighted by molar-refractivity contribution is 5.92. The lowest BCUT2D eigenvalue weighted by Gasteiger charge is -2.32. The van der Waals surface area contributed by atoms with Crippen LogP contribution in [0.15, 0.2) is 48.1 Å². The van der Waals surface area contributed by atoms with E-state index in [2.05, 4.69) is 55.9 Å². The van der Waals surface area contributed by atoms with Gasteiger partial charge in [0, 0.05) is 36.1 Å². The second-order valence-corrected chi connectivity index (χ2v) is 10.2. The van der Waals surface area contributed by atoms with Gasteiger partial charge in [0.2, 0.25) is 12.3 Å². The lowest BCUT2D eigenvalue weighted by Crippen LogP contribution is -2.41. The van der Waals surface area contributed by atoms with Crippen LogP contribution in [0.2, 0.25) is 0 Å². The molecule has 0 aliphatic carbocycles. The number of rotatable bonds is 10. The van der Waals surface area contributed by atoms with Crippen LogP contribution in [0.4, 0.5) is 8.78 Å². The van der Waals surface area contributed by atoms with Gasteiger partial charge in [0.05, 0.1) is 6.54 Å². The summed E-state index contributed by atoms with van der Waals surface area (Å²) in [5.74, 6) is 0.834. The molecule has 2 N–H and O–H groups in total. The number of benzene rings is 1. The summed E-state index contributed by atoms with van der Waals surface area (Å²) in [4.78, 5) is 17.6. The summed E-state index contributed by atoms with van der Waals surface area (Å²) in [6.45, 7) is 14.2. The van der Waals surface area contributed by atoms with E-state index in [4.69, 9.17) is 0 Å². The summed E-state index contributed by atoms with van der Waals surface area (Å²) in [5.41, 5.74) is 6.41. The van der Waals surface area contributed by atoms with Crippen LogP contribution in [0.1, 0.15) is 69.7 Å². The van der Waals surface area contributed by atoms with E-state index in [-0.39, 0.29) is 12.3 Å². The number of alkyl halides is 2. The predicted molar refractivity (Wildman–Crippen MR) is 146 cm³/mol. The van der Waals surface area contributed by atoms with Crippen LogP contribution in [0.25, 0.3) is 16.5 Å². The zero-order chi connectivity index (χ0) is 26.4. The number of aromatic amines is 1. The first-order valence-corrected chi connectivity index (χ1v) is 13.0. The molecule has 1 amide bonds. The molecule has 0 saturated carbocycles. The van der Waals surface area contributed by atoms with Gasteiger partial charge in [-0.15, -0.1) is 0 Å². The average molecular weight is 498 g/mol. The average Bonchev–Trinajstić information content (AvgIpc) is 3.20. The van der Waals surface area contributed by atoms with Gasteiger partial charge in [0.1, 0.15) is 0 Å². The molecule has 0 bridgehead atoms. The smallest absolute Gasteiger partial charge is 0.242 e. The molecule has 0 radical (unpaired) electrons. The molecular formula is C30H41F2N3O. The van der Waals surface area contributed by atoms with Crippen molar-refractivity contribution < 1.29 is 13.6 Å². The summed E-state index contributed by atoms with van der Waals surface area (Å²) < 4.78 is 27.6. The summed E-state index contributed by atoms with van der Waals surface area (Å²) in [5, 5.41) is 3.78. The fourth-order valence-electron chi connectivity index (χ4n) is 5.02. The van der Waals surface area contributed by atoms with Crippen LogP contribution in [0, 0.1) is 5.92 Å². The Kier molecular flexibility index (Phi) is 9.66. The van der Waals surface area contributed by atoms with Gasteiger partial charge in [0.25, 0.3) is 0 Å². The number of hydrogen-bond donors (Lipinski definition) is 2. The Bertz CT molecular complexity index is 1140. The van der Waals surface area contributed by atoms with Crippen molar-refractivity contribution in [2.45, 2.75) is 65.7 Å². The highest BCUT2D eigenvalue weighted by Gasteiger charge is 2.25. The van der Waals surface area contributed by atoms with Gasteiger partial charge in [-0.3, -0.25) is 4.79 Å². The normalized spacial score (nSPS) is 16.7. The number of piperidine rings is 1. The maximum absolute atomic E-state index is 13.8. The van der Waals surface area contributed by atoms with Gasteiger partial charge in [-0.25, -0.2) is 8.78 Å². The third-order valence-corrected chi connectivity index (χ3v) is 7.40. The number of carbonyl (C=O) groups is 1. The molecule has 1 aromatic carbocycles. The van der Waals surface area contributed by atoms with Crippen LogP contribution in [0.5, 0.6) is 0 Å². The maximum atomic E-state index is 13.8. The summed E-state index contributed by atoms with van der Waals surface area (Å²) in [7, 11) is 1.78.